The average molecular weight is 383 g/mol. The van der Waals surface area contributed by atoms with Crippen molar-refractivity contribution in [1.29, 1.82) is 0 Å². The molecule has 138 valence electrons. The third kappa shape index (κ3) is 2.94. The summed E-state index contributed by atoms with van der Waals surface area (Å²) in [5.74, 6) is 1.23. The molecule has 0 spiro atoms. The number of carbonyl (C=O) groups excluding carboxylic acids is 1. The summed E-state index contributed by atoms with van der Waals surface area (Å²) >= 11 is 1.42. The van der Waals surface area contributed by atoms with Crippen molar-refractivity contribution in [1.82, 2.24) is 4.90 Å². The fourth-order valence-electron chi connectivity index (χ4n) is 3.88. The minimum absolute atomic E-state index is 0.00833. The Morgan fingerprint density at radius 2 is 1.93 bits per heavy atom. The van der Waals surface area contributed by atoms with Crippen molar-refractivity contribution in [3.05, 3.63) is 58.7 Å². The van der Waals surface area contributed by atoms with Gasteiger partial charge in [-0.2, -0.15) is 0 Å². The van der Waals surface area contributed by atoms with Crippen LogP contribution in [0.25, 0.3) is 10.1 Å². The number of ether oxygens (including phenoxy) is 2. The average Bonchev–Trinajstić information content (AvgIpc) is 3.33. The molecule has 2 aliphatic rings. The molecule has 3 heterocycles. The van der Waals surface area contributed by atoms with Crippen molar-refractivity contribution >= 4 is 27.3 Å². The highest BCUT2D eigenvalue weighted by atomic mass is 32.1. The van der Waals surface area contributed by atoms with E-state index in [0.717, 1.165) is 46.5 Å². The van der Waals surface area contributed by atoms with Gasteiger partial charge in [-0.05, 0) is 60.2 Å². The van der Waals surface area contributed by atoms with Crippen LogP contribution in [0.5, 0.6) is 11.5 Å². The zero-order valence-corrected chi connectivity index (χ0v) is 15.4. The van der Waals surface area contributed by atoms with Gasteiger partial charge in [0.15, 0.2) is 11.5 Å². The van der Waals surface area contributed by atoms with E-state index >= 15 is 0 Å². The van der Waals surface area contributed by atoms with Gasteiger partial charge in [0, 0.05) is 11.2 Å². The zero-order valence-electron chi connectivity index (χ0n) is 14.6. The number of likely N-dealkylation sites (tertiary alicyclic amines) is 1. The molecule has 1 aromatic heterocycles. The Labute approximate surface area is 160 Å². The predicted molar refractivity (Wildman–Crippen MR) is 102 cm³/mol. The van der Waals surface area contributed by atoms with E-state index < -0.39 is 0 Å². The summed E-state index contributed by atoms with van der Waals surface area (Å²) in [7, 11) is 0. The van der Waals surface area contributed by atoms with Crippen molar-refractivity contribution in [3.8, 4) is 11.5 Å². The van der Waals surface area contributed by atoms with Crippen LogP contribution >= 0.6 is 11.3 Å². The van der Waals surface area contributed by atoms with Gasteiger partial charge < -0.3 is 14.4 Å². The van der Waals surface area contributed by atoms with Crippen molar-refractivity contribution in [2.75, 3.05) is 19.8 Å². The summed E-state index contributed by atoms with van der Waals surface area (Å²) in [5, 5.41) is 0.776. The lowest BCUT2D eigenvalue weighted by atomic mass is 10.0. The predicted octanol–water partition coefficient (Wildman–Crippen LogP) is 4.79. The molecule has 0 N–H and O–H groups in total. The van der Waals surface area contributed by atoms with Crippen molar-refractivity contribution < 1.29 is 18.7 Å². The Morgan fingerprint density at radius 3 is 2.81 bits per heavy atom. The molecular weight excluding hydrogens is 365 g/mol. The molecule has 1 fully saturated rings. The van der Waals surface area contributed by atoms with Crippen molar-refractivity contribution in [2.24, 2.45) is 0 Å². The van der Waals surface area contributed by atoms with Gasteiger partial charge in [-0.1, -0.05) is 6.07 Å². The number of hydrogen-bond donors (Lipinski definition) is 0. The molecule has 1 atom stereocenters. The smallest absolute Gasteiger partial charge is 0.264 e. The maximum Gasteiger partial charge on any atom is 0.264 e. The second kappa shape index (κ2) is 6.53. The highest BCUT2D eigenvalue weighted by molar-refractivity contribution is 7.20. The first kappa shape index (κ1) is 16.6. The van der Waals surface area contributed by atoms with Gasteiger partial charge in [-0.25, -0.2) is 4.39 Å². The van der Waals surface area contributed by atoms with E-state index in [4.69, 9.17) is 9.47 Å². The number of amides is 1. The van der Waals surface area contributed by atoms with Crippen LogP contribution in [0, 0.1) is 5.82 Å². The molecule has 6 heteroatoms. The van der Waals surface area contributed by atoms with Gasteiger partial charge >= 0.3 is 0 Å². The van der Waals surface area contributed by atoms with E-state index in [0.29, 0.717) is 18.1 Å². The van der Waals surface area contributed by atoms with Crippen LogP contribution in [0.3, 0.4) is 0 Å². The third-order valence-electron chi connectivity index (χ3n) is 5.15. The first-order chi connectivity index (χ1) is 13.2. The van der Waals surface area contributed by atoms with Gasteiger partial charge in [0.25, 0.3) is 5.91 Å². The molecule has 0 radical (unpaired) electrons. The molecule has 2 aliphatic heterocycles. The van der Waals surface area contributed by atoms with E-state index in [1.54, 1.807) is 12.1 Å². The van der Waals surface area contributed by atoms with E-state index in [-0.39, 0.29) is 17.8 Å². The molecule has 27 heavy (non-hydrogen) atoms. The minimum Gasteiger partial charge on any atom is -0.486 e. The number of halogens is 1. The number of rotatable bonds is 2. The summed E-state index contributed by atoms with van der Waals surface area (Å²) in [6.45, 7) is 1.83. The molecule has 1 saturated heterocycles. The molecule has 5 rings (SSSR count). The molecule has 0 saturated carbocycles. The fraction of sp³-hybridized carbons (Fsp3) is 0.286. The molecule has 3 aromatic rings. The molecular formula is C21H18FNO3S. The standard InChI is InChI=1S/C21H18FNO3S/c22-15-4-6-19-14(10-15)12-20(27-19)21(24)23-7-1-2-16(23)13-3-5-17-18(11-13)26-9-8-25-17/h3-6,10-12,16H,1-2,7-9H2/t16-/m0/s1. The number of benzene rings is 2. The summed E-state index contributed by atoms with van der Waals surface area (Å²) in [6.07, 6.45) is 1.88. The van der Waals surface area contributed by atoms with Crippen LogP contribution in [-0.4, -0.2) is 30.6 Å². The van der Waals surface area contributed by atoms with E-state index in [1.807, 2.05) is 23.1 Å². The minimum atomic E-state index is -0.283. The molecule has 0 aliphatic carbocycles. The summed E-state index contributed by atoms with van der Waals surface area (Å²) < 4.78 is 25.7. The largest absolute Gasteiger partial charge is 0.486 e. The third-order valence-corrected chi connectivity index (χ3v) is 6.26. The lowest BCUT2D eigenvalue weighted by molar-refractivity contribution is 0.0740. The maximum atomic E-state index is 13.5. The Kier molecular flexibility index (Phi) is 4.01. The van der Waals surface area contributed by atoms with Crippen LogP contribution in [0.1, 0.15) is 34.1 Å². The molecule has 4 nitrogen and oxygen atoms in total. The van der Waals surface area contributed by atoms with Gasteiger partial charge in [-0.3, -0.25) is 4.79 Å². The van der Waals surface area contributed by atoms with Crippen LogP contribution < -0.4 is 9.47 Å². The van der Waals surface area contributed by atoms with Crippen LogP contribution in [-0.2, 0) is 0 Å². The number of nitrogens with zero attached hydrogens (tertiary/aromatic N) is 1. The van der Waals surface area contributed by atoms with Crippen molar-refractivity contribution in [2.45, 2.75) is 18.9 Å². The zero-order chi connectivity index (χ0) is 18.4. The quantitative estimate of drug-likeness (QED) is 0.639. The van der Waals surface area contributed by atoms with Crippen LogP contribution in [0.2, 0.25) is 0 Å². The Bertz CT molecular complexity index is 1030. The maximum absolute atomic E-state index is 13.5. The monoisotopic (exact) mass is 383 g/mol. The normalized spacial score (nSPS) is 18.9. The lowest BCUT2D eigenvalue weighted by Crippen LogP contribution is -2.30. The van der Waals surface area contributed by atoms with Gasteiger partial charge in [0.05, 0.1) is 10.9 Å². The topological polar surface area (TPSA) is 38.8 Å². The number of hydrogen-bond acceptors (Lipinski definition) is 4. The molecule has 0 unspecified atom stereocenters. The van der Waals surface area contributed by atoms with Crippen LogP contribution in [0.15, 0.2) is 42.5 Å². The van der Waals surface area contributed by atoms with E-state index in [2.05, 4.69) is 0 Å². The Balaban J connectivity index is 1.45. The molecule has 0 bridgehead atoms. The molecule has 2 aromatic carbocycles. The number of fused-ring (bicyclic) bond motifs is 2. The highest BCUT2D eigenvalue weighted by Crippen LogP contribution is 2.39. The highest BCUT2D eigenvalue weighted by Gasteiger charge is 2.32. The fourth-order valence-corrected chi connectivity index (χ4v) is 4.88. The van der Waals surface area contributed by atoms with E-state index in [1.165, 1.54) is 23.5 Å². The summed E-state index contributed by atoms with van der Waals surface area (Å²) in [5.41, 5.74) is 1.07. The summed E-state index contributed by atoms with van der Waals surface area (Å²) in [6, 6.07) is 12.4. The Morgan fingerprint density at radius 1 is 1.07 bits per heavy atom. The van der Waals surface area contributed by atoms with Gasteiger partial charge in [0.2, 0.25) is 0 Å². The first-order valence-corrected chi connectivity index (χ1v) is 9.90. The van der Waals surface area contributed by atoms with Gasteiger partial charge in [-0.15, -0.1) is 11.3 Å². The van der Waals surface area contributed by atoms with Gasteiger partial charge in [0.1, 0.15) is 19.0 Å². The second-order valence-corrected chi connectivity index (χ2v) is 7.94. The lowest BCUT2D eigenvalue weighted by Gasteiger charge is -2.26. The Hall–Kier alpha value is -2.60. The summed E-state index contributed by atoms with van der Waals surface area (Å²) in [4.78, 5) is 15.7. The SMILES string of the molecule is O=C(c1cc2cc(F)ccc2s1)N1CCC[C@H]1c1ccc2c(c1)OCCO2. The second-order valence-electron chi connectivity index (χ2n) is 6.85. The van der Waals surface area contributed by atoms with E-state index in [9.17, 15) is 9.18 Å². The number of thiophene rings is 1. The molecule has 1 amide bonds. The van der Waals surface area contributed by atoms with Crippen molar-refractivity contribution in [3.63, 3.8) is 0 Å². The van der Waals surface area contributed by atoms with Crippen LogP contribution in [0.4, 0.5) is 4.39 Å². The first-order valence-electron chi connectivity index (χ1n) is 9.09. The number of carbonyl (C=O) groups is 1.